The molecule has 2 rings (SSSR count). The van der Waals surface area contributed by atoms with Crippen LogP contribution in [-0.2, 0) is 13.2 Å². The zero-order valence-electron chi connectivity index (χ0n) is 8.72. The number of hydrogen-bond acceptors (Lipinski definition) is 2. The first-order chi connectivity index (χ1) is 7.28. The number of hydrogen-bond donors (Lipinski definition) is 1. The third-order valence-electron chi connectivity index (χ3n) is 2.30. The minimum absolute atomic E-state index is 0.000811. The van der Waals surface area contributed by atoms with Crippen molar-refractivity contribution in [3.05, 3.63) is 53.6 Å². The lowest BCUT2D eigenvalue weighted by molar-refractivity contribution is 0.277. The summed E-state index contributed by atoms with van der Waals surface area (Å²) in [5.41, 5.74) is 3.22. The van der Waals surface area contributed by atoms with E-state index in [2.05, 4.69) is 36.2 Å². The first kappa shape index (κ1) is 9.93. The Morgan fingerprint density at radius 3 is 2.93 bits per heavy atom. The van der Waals surface area contributed by atoms with Crippen molar-refractivity contribution in [3.8, 4) is 0 Å². The van der Waals surface area contributed by atoms with Crippen molar-refractivity contribution in [2.24, 2.45) is 0 Å². The number of aliphatic hydroxyl groups excluding tert-OH is 1. The average molecular weight is 202 g/mol. The van der Waals surface area contributed by atoms with Gasteiger partial charge in [-0.15, -0.1) is 0 Å². The van der Waals surface area contributed by atoms with Crippen LogP contribution in [-0.4, -0.2) is 14.7 Å². The zero-order chi connectivity index (χ0) is 10.7. The molecule has 1 aromatic carbocycles. The molecule has 0 aliphatic carbocycles. The lowest BCUT2D eigenvalue weighted by Gasteiger charge is -2.02. The van der Waals surface area contributed by atoms with Gasteiger partial charge in [0.05, 0.1) is 18.6 Å². The fourth-order valence-corrected chi connectivity index (χ4v) is 1.60. The maximum absolute atomic E-state index is 8.89. The van der Waals surface area contributed by atoms with Gasteiger partial charge in [0.25, 0.3) is 0 Å². The lowest BCUT2D eigenvalue weighted by Crippen LogP contribution is -1.96. The number of aryl methyl sites for hydroxylation is 1. The van der Waals surface area contributed by atoms with Crippen LogP contribution in [0.3, 0.4) is 0 Å². The van der Waals surface area contributed by atoms with E-state index in [0.29, 0.717) is 5.69 Å². The van der Waals surface area contributed by atoms with E-state index >= 15 is 0 Å². The van der Waals surface area contributed by atoms with Crippen LogP contribution >= 0.6 is 0 Å². The van der Waals surface area contributed by atoms with Gasteiger partial charge in [-0.05, 0) is 12.5 Å². The molecule has 0 spiro atoms. The fourth-order valence-electron chi connectivity index (χ4n) is 1.60. The van der Waals surface area contributed by atoms with Crippen molar-refractivity contribution in [3.63, 3.8) is 0 Å². The van der Waals surface area contributed by atoms with Crippen molar-refractivity contribution in [2.45, 2.75) is 20.1 Å². The number of nitrogens with zero attached hydrogens (tertiary/aromatic N) is 2. The van der Waals surface area contributed by atoms with E-state index in [0.717, 1.165) is 6.54 Å². The minimum atomic E-state index is 0.000811. The van der Waals surface area contributed by atoms with Crippen molar-refractivity contribution in [1.29, 1.82) is 0 Å². The van der Waals surface area contributed by atoms with E-state index in [-0.39, 0.29) is 6.61 Å². The highest BCUT2D eigenvalue weighted by atomic mass is 16.3. The topological polar surface area (TPSA) is 38.0 Å². The summed E-state index contributed by atoms with van der Waals surface area (Å²) in [6.07, 6.45) is 3.61. The van der Waals surface area contributed by atoms with E-state index in [1.54, 1.807) is 6.33 Å². The van der Waals surface area contributed by atoms with Crippen molar-refractivity contribution in [2.75, 3.05) is 0 Å². The molecule has 3 heteroatoms. The Kier molecular flexibility index (Phi) is 2.83. The lowest BCUT2D eigenvalue weighted by atomic mass is 10.1. The summed E-state index contributed by atoms with van der Waals surface area (Å²) in [5.74, 6) is 0. The predicted molar refractivity (Wildman–Crippen MR) is 58.4 cm³/mol. The highest BCUT2D eigenvalue weighted by molar-refractivity contribution is 5.22. The predicted octanol–water partition coefficient (Wildman–Crippen LogP) is 1.73. The van der Waals surface area contributed by atoms with Crippen LogP contribution in [0.15, 0.2) is 36.8 Å². The molecule has 0 radical (unpaired) electrons. The molecule has 0 fully saturated rings. The first-order valence-electron chi connectivity index (χ1n) is 4.95. The fraction of sp³-hybridized carbons (Fsp3) is 0.250. The number of aliphatic hydroxyl groups is 1. The van der Waals surface area contributed by atoms with Gasteiger partial charge in [0.2, 0.25) is 0 Å². The first-order valence-corrected chi connectivity index (χ1v) is 4.95. The number of rotatable bonds is 3. The smallest absolute Gasteiger partial charge is 0.0953 e. The Bertz CT molecular complexity index is 448. The van der Waals surface area contributed by atoms with Crippen LogP contribution in [0.25, 0.3) is 0 Å². The molecule has 78 valence electrons. The standard InChI is InChI=1S/C12H14N2O/c1-10-3-2-4-11(5-10)6-14-7-12(8-15)13-9-14/h2-5,7,9,15H,6,8H2,1H3. The van der Waals surface area contributed by atoms with Gasteiger partial charge in [-0.25, -0.2) is 4.98 Å². The summed E-state index contributed by atoms with van der Waals surface area (Å²) in [7, 11) is 0. The van der Waals surface area contributed by atoms with Crippen LogP contribution < -0.4 is 0 Å². The van der Waals surface area contributed by atoms with Gasteiger partial charge < -0.3 is 9.67 Å². The van der Waals surface area contributed by atoms with E-state index in [9.17, 15) is 0 Å². The van der Waals surface area contributed by atoms with Gasteiger partial charge >= 0.3 is 0 Å². The molecule has 0 saturated carbocycles. The second-order valence-electron chi connectivity index (χ2n) is 3.68. The maximum Gasteiger partial charge on any atom is 0.0953 e. The summed E-state index contributed by atoms with van der Waals surface area (Å²) < 4.78 is 1.97. The Labute approximate surface area is 89.0 Å². The molecule has 15 heavy (non-hydrogen) atoms. The molecular formula is C12H14N2O. The van der Waals surface area contributed by atoms with Crippen molar-refractivity contribution >= 4 is 0 Å². The molecule has 0 aliphatic rings. The SMILES string of the molecule is Cc1cccc(Cn2cnc(CO)c2)c1. The normalized spacial score (nSPS) is 10.5. The van der Waals surface area contributed by atoms with Crippen LogP contribution in [0.4, 0.5) is 0 Å². The van der Waals surface area contributed by atoms with Gasteiger partial charge in [-0.1, -0.05) is 29.8 Å². The van der Waals surface area contributed by atoms with Gasteiger partial charge in [-0.3, -0.25) is 0 Å². The Morgan fingerprint density at radius 2 is 2.27 bits per heavy atom. The van der Waals surface area contributed by atoms with Crippen LogP contribution in [0, 0.1) is 6.92 Å². The third kappa shape index (κ3) is 2.44. The molecule has 0 bridgehead atoms. The molecule has 3 nitrogen and oxygen atoms in total. The third-order valence-corrected chi connectivity index (χ3v) is 2.30. The maximum atomic E-state index is 8.89. The second kappa shape index (κ2) is 4.28. The van der Waals surface area contributed by atoms with E-state index in [4.69, 9.17) is 5.11 Å². The summed E-state index contributed by atoms with van der Waals surface area (Å²) >= 11 is 0. The monoisotopic (exact) mass is 202 g/mol. The largest absolute Gasteiger partial charge is 0.390 e. The summed E-state index contributed by atoms with van der Waals surface area (Å²) in [6, 6.07) is 8.37. The molecule has 0 aliphatic heterocycles. The molecule has 0 saturated heterocycles. The summed E-state index contributed by atoms with van der Waals surface area (Å²) in [4.78, 5) is 4.07. The molecule has 0 unspecified atom stereocenters. The van der Waals surface area contributed by atoms with Crippen LogP contribution in [0.5, 0.6) is 0 Å². The van der Waals surface area contributed by atoms with Crippen LogP contribution in [0.1, 0.15) is 16.8 Å². The summed E-state index contributed by atoms with van der Waals surface area (Å²) in [5, 5.41) is 8.89. The highest BCUT2D eigenvalue weighted by Crippen LogP contribution is 2.06. The summed E-state index contributed by atoms with van der Waals surface area (Å²) in [6.45, 7) is 2.88. The van der Waals surface area contributed by atoms with Crippen molar-refractivity contribution < 1.29 is 5.11 Å². The average Bonchev–Trinajstić information content (AvgIpc) is 2.65. The molecule has 1 heterocycles. The quantitative estimate of drug-likeness (QED) is 0.823. The highest BCUT2D eigenvalue weighted by Gasteiger charge is 1.98. The number of aromatic nitrogens is 2. The van der Waals surface area contributed by atoms with Gasteiger partial charge in [0.1, 0.15) is 0 Å². The van der Waals surface area contributed by atoms with Crippen molar-refractivity contribution in [1.82, 2.24) is 9.55 Å². The Morgan fingerprint density at radius 1 is 1.40 bits per heavy atom. The molecular weight excluding hydrogens is 188 g/mol. The van der Waals surface area contributed by atoms with E-state index < -0.39 is 0 Å². The Hall–Kier alpha value is -1.61. The van der Waals surface area contributed by atoms with Gasteiger partial charge in [-0.2, -0.15) is 0 Å². The Balaban J connectivity index is 2.14. The zero-order valence-corrected chi connectivity index (χ0v) is 8.72. The number of benzene rings is 1. The molecule has 2 aromatic rings. The van der Waals surface area contributed by atoms with Crippen LogP contribution in [0.2, 0.25) is 0 Å². The molecule has 1 aromatic heterocycles. The number of imidazole rings is 1. The molecule has 0 atom stereocenters. The minimum Gasteiger partial charge on any atom is -0.390 e. The van der Waals surface area contributed by atoms with Gasteiger partial charge in [0, 0.05) is 12.7 Å². The van der Waals surface area contributed by atoms with E-state index in [1.807, 2.05) is 10.8 Å². The van der Waals surface area contributed by atoms with Gasteiger partial charge in [0.15, 0.2) is 0 Å². The molecule has 1 N–H and O–H groups in total. The second-order valence-corrected chi connectivity index (χ2v) is 3.68. The molecule has 0 amide bonds. The van der Waals surface area contributed by atoms with E-state index in [1.165, 1.54) is 11.1 Å².